The number of aromatic nitrogens is 1. The maximum atomic E-state index is 10.00. The molecule has 1 rings (SSSR count). The van der Waals surface area contributed by atoms with Gasteiger partial charge in [0, 0.05) is 11.6 Å². The van der Waals surface area contributed by atoms with Crippen LogP contribution in [0, 0.1) is 0 Å². The Kier molecular flexibility index (Phi) is 5.62. The topological polar surface area (TPSA) is 59.4 Å². The summed E-state index contributed by atoms with van der Waals surface area (Å²) in [5.74, 6) is 0. The summed E-state index contributed by atoms with van der Waals surface area (Å²) in [5.41, 5.74) is 0. The first-order valence-electron chi connectivity index (χ1n) is 2.09. The second kappa shape index (κ2) is 5.29. The van der Waals surface area contributed by atoms with Crippen molar-refractivity contribution in [1.29, 1.82) is 0 Å². The SMILES string of the molecule is O=[PH](O)Oc1nccs1.[NaH]. The Morgan fingerprint density at radius 1 is 1.80 bits per heavy atom. The molecule has 1 unspecified atom stereocenters. The van der Waals surface area contributed by atoms with E-state index in [1.54, 1.807) is 5.38 Å². The summed E-state index contributed by atoms with van der Waals surface area (Å²) in [6, 6.07) is 0. The summed E-state index contributed by atoms with van der Waals surface area (Å²) in [6.45, 7) is 0. The molecule has 0 aromatic carbocycles. The van der Waals surface area contributed by atoms with Gasteiger partial charge >= 0.3 is 37.8 Å². The van der Waals surface area contributed by atoms with Crippen LogP contribution in [0.1, 0.15) is 0 Å². The van der Waals surface area contributed by atoms with E-state index in [4.69, 9.17) is 4.89 Å². The minimum absolute atomic E-state index is 0. The predicted molar refractivity (Wildman–Crippen MR) is 41.1 cm³/mol. The van der Waals surface area contributed by atoms with Gasteiger partial charge in [-0.3, -0.25) is 0 Å². The van der Waals surface area contributed by atoms with E-state index in [1.807, 2.05) is 0 Å². The Bertz CT molecular complexity index is 204. The molecule has 0 aliphatic rings. The third-order valence-electron chi connectivity index (χ3n) is 0.584. The van der Waals surface area contributed by atoms with Gasteiger partial charge in [-0.1, -0.05) is 11.3 Å². The molecule has 0 aliphatic carbocycles. The number of nitrogens with zero attached hydrogens (tertiary/aromatic N) is 1. The van der Waals surface area contributed by atoms with Gasteiger partial charge in [-0.25, -0.2) is 9.55 Å². The van der Waals surface area contributed by atoms with Gasteiger partial charge in [-0.05, 0) is 0 Å². The fraction of sp³-hybridized carbons (Fsp3) is 0. The second-order valence-electron chi connectivity index (χ2n) is 1.17. The van der Waals surface area contributed by atoms with Gasteiger partial charge in [0.25, 0.3) is 5.19 Å². The van der Waals surface area contributed by atoms with Crippen LogP contribution in [0.5, 0.6) is 5.19 Å². The summed E-state index contributed by atoms with van der Waals surface area (Å²) in [6.07, 6.45) is 1.50. The average Bonchev–Trinajstić information content (AvgIpc) is 2.15. The molecule has 0 amide bonds. The van der Waals surface area contributed by atoms with Crippen molar-refractivity contribution in [2.24, 2.45) is 0 Å². The third kappa shape index (κ3) is 3.71. The summed E-state index contributed by atoms with van der Waals surface area (Å²) < 4.78 is 14.4. The zero-order valence-electron chi connectivity index (χ0n) is 4.27. The molecule has 1 N–H and O–H groups in total. The summed E-state index contributed by atoms with van der Waals surface area (Å²) >= 11 is 1.18. The minimum atomic E-state index is -2.86. The van der Waals surface area contributed by atoms with Crippen LogP contribution in [0.25, 0.3) is 0 Å². The molecule has 1 atom stereocenters. The molecule has 4 nitrogen and oxygen atoms in total. The van der Waals surface area contributed by atoms with E-state index in [2.05, 4.69) is 9.51 Å². The normalized spacial score (nSPS) is 11.7. The van der Waals surface area contributed by atoms with Crippen molar-refractivity contribution in [3.63, 3.8) is 0 Å². The monoisotopic (exact) mass is 189 g/mol. The van der Waals surface area contributed by atoms with Crippen LogP contribution in [-0.2, 0) is 4.57 Å². The van der Waals surface area contributed by atoms with Gasteiger partial charge in [0.15, 0.2) is 0 Å². The maximum absolute atomic E-state index is 10.00. The Morgan fingerprint density at radius 3 is 2.90 bits per heavy atom. The first-order chi connectivity index (χ1) is 4.29. The van der Waals surface area contributed by atoms with Crippen LogP contribution in [0.3, 0.4) is 0 Å². The van der Waals surface area contributed by atoms with Crippen LogP contribution >= 0.6 is 19.6 Å². The molecule has 1 aromatic rings. The molecule has 0 saturated heterocycles. The molecular formula is C3H5NNaO3PS. The second-order valence-corrected chi connectivity index (χ2v) is 2.76. The summed E-state index contributed by atoms with van der Waals surface area (Å²) in [5, 5.41) is 1.90. The summed E-state index contributed by atoms with van der Waals surface area (Å²) in [4.78, 5) is 11.8. The Morgan fingerprint density at radius 2 is 2.50 bits per heavy atom. The zero-order chi connectivity index (χ0) is 6.69. The van der Waals surface area contributed by atoms with Crippen LogP contribution in [-0.4, -0.2) is 39.4 Å². The van der Waals surface area contributed by atoms with E-state index in [9.17, 15) is 4.57 Å². The van der Waals surface area contributed by atoms with Crippen molar-refractivity contribution in [2.75, 3.05) is 0 Å². The molecule has 0 fully saturated rings. The van der Waals surface area contributed by atoms with E-state index < -0.39 is 8.25 Å². The fourth-order valence-electron chi connectivity index (χ4n) is 0.335. The number of thiazole rings is 1. The third-order valence-corrected chi connectivity index (χ3v) is 1.75. The molecular weight excluding hydrogens is 184 g/mol. The van der Waals surface area contributed by atoms with Crippen molar-refractivity contribution < 1.29 is 14.0 Å². The molecule has 0 aliphatic heterocycles. The van der Waals surface area contributed by atoms with Gasteiger partial charge in [-0.2, -0.15) is 0 Å². The van der Waals surface area contributed by atoms with Crippen LogP contribution < -0.4 is 4.52 Å². The van der Waals surface area contributed by atoms with Crippen LogP contribution in [0.2, 0.25) is 0 Å². The molecule has 52 valence electrons. The Balaban J connectivity index is 0.000000810. The van der Waals surface area contributed by atoms with Crippen LogP contribution in [0.15, 0.2) is 11.6 Å². The fourth-order valence-corrected chi connectivity index (χ4v) is 1.30. The molecule has 0 bridgehead atoms. The Hall–Kier alpha value is 0.620. The molecule has 1 heterocycles. The average molecular weight is 189 g/mol. The summed E-state index contributed by atoms with van der Waals surface area (Å²) in [7, 11) is -2.86. The predicted octanol–water partition coefficient (Wildman–Crippen LogP) is 0.255. The van der Waals surface area contributed by atoms with E-state index in [0.29, 0.717) is 0 Å². The first kappa shape index (κ1) is 10.6. The molecule has 10 heavy (non-hydrogen) atoms. The van der Waals surface area contributed by atoms with Crippen LogP contribution in [0.4, 0.5) is 0 Å². The van der Waals surface area contributed by atoms with Gasteiger partial charge in [0.1, 0.15) is 0 Å². The van der Waals surface area contributed by atoms with Gasteiger partial charge in [-0.15, -0.1) is 0 Å². The standard InChI is InChI=1S/C3H4NO3PS.Na.H/c5-8(6)7-3-4-1-2-9-3;;/h1-2,8H,(H,5,6);;. The van der Waals surface area contributed by atoms with Gasteiger partial charge < -0.3 is 9.42 Å². The van der Waals surface area contributed by atoms with Crippen molar-refractivity contribution in [2.45, 2.75) is 0 Å². The van der Waals surface area contributed by atoms with Crippen molar-refractivity contribution >= 4 is 49.1 Å². The van der Waals surface area contributed by atoms with E-state index in [1.165, 1.54) is 17.5 Å². The molecule has 0 spiro atoms. The molecule has 0 saturated carbocycles. The van der Waals surface area contributed by atoms with Crippen molar-refractivity contribution in [1.82, 2.24) is 4.98 Å². The molecule has 7 heteroatoms. The van der Waals surface area contributed by atoms with E-state index in [-0.39, 0.29) is 34.8 Å². The Labute approximate surface area is 84.5 Å². The van der Waals surface area contributed by atoms with Gasteiger partial charge in [0.2, 0.25) is 0 Å². The van der Waals surface area contributed by atoms with Gasteiger partial charge in [0.05, 0.1) is 0 Å². The van der Waals surface area contributed by atoms with Crippen molar-refractivity contribution in [3.8, 4) is 5.19 Å². The zero-order valence-corrected chi connectivity index (χ0v) is 6.09. The molecule has 1 aromatic heterocycles. The van der Waals surface area contributed by atoms with E-state index >= 15 is 0 Å². The van der Waals surface area contributed by atoms with Crippen molar-refractivity contribution in [3.05, 3.63) is 11.6 Å². The quantitative estimate of drug-likeness (QED) is 0.535. The number of hydrogen-bond acceptors (Lipinski definition) is 4. The van der Waals surface area contributed by atoms with E-state index in [0.717, 1.165) is 0 Å². The number of rotatable bonds is 2. The first-order valence-corrected chi connectivity index (χ1v) is 4.23. The number of hydrogen-bond donors (Lipinski definition) is 1. The molecule has 0 radical (unpaired) electrons.